The Labute approximate surface area is 113 Å². The summed E-state index contributed by atoms with van der Waals surface area (Å²) in [5.41, 5.74) is 0. The zero-order chi connectivity index (χ0) is 13.5. The molecule has 2 heterocycles. The zero-order valence-electron chi connectivity index (χ0n) is 11.2. The predicted molar refractivity (Wildman–Crippen MR) is 72.7 cm³/mol. The molecule has 1 N–H and O–H groups in total. The highest BCUT2D eigenvalue weighted by Gasteiger charge is 2.13. The van der Waals surface area contributed by atoms with E-state index >= 15 is 0 Å². The van der Waals surface area contributed by atoms with Crippen LogP contribution in [-0.2, 0) is 4.74 Å². The summed E-state index contributed by atoms with van der Waals surface area (Å²) in [6.45, 7) is 2.65. The molecule has 0 amide bonds. The molecule has 1 aromatic rings. The number of hydrogen-bond donors (Lipinski definition) is 1. The molecule has 0 atom stereocenters. The molecule has 0 aliphatic carbocycles. The fourth-order valence-electron chi connectivity index (χ4n) is 2.12. The van der Waals surface area contributed by atoms with Gasteiger partial charge in [0.1, 0.15) is 18.0 Å². The number of nitrogens with one attached hydrogen (secondary N) is 1. The van der Waals surface area contributed by atoms with E-state index in [2.05, 4.69) is 15.3 Å². The molecule has 1 aliphatic rings. The molecule has 19 heavy (non-hydrogen) atoms. The third-order valence-corrected chi connectivity index (χ3v) is 3.35. The molecule has 0 radical (unpaired) electrons. The maximum Gasteiger partial charge on any atom is 0.185 e. The van der Waals surface area contributed by atoms with Crippen molar-refractivity contribution in [3.05, 3.63) is 12.4 Å². The number of ether oxygens (including phenoxy) is 1. The normalized spacial score (nSPS) is 15.8. The van der Waals surface area contributed by atoms with Crippen LogP contribution in [0.5, 0.6) is 0 Å². The first-order chi connectivity index (χ1) is 9.29. The molecule has 0 bridgehead atoms. The Balaban J connectivity index is 1.80. The predicted octanol–water partition coefficient (Wildman–Crippen LogP) is 1.62. The smallest absolute Gasteiger partial charge is 0.185 e. The second-order valence-corrected chi connectivity index (χ2v) is 4.69. The van der Waals surface area contributed by atoms with E-state index in [4.69, 9.17) is 10.00 Å². The van der Waals surface area contributed by atoms with Gasteiger partial charge in [-0.2, -0.15) is 5.26 Å². The van der Waals surface area contributed by atoms with Gasteiger partial charge in [-0.1, -0.05) is 0 Å². The second-order valence-electron chi connectivity index (χ2n) is 4.69. The van der Waals surface area contributed by atoms with Crippen LogP contribution < -0.4 is 10.2 Å². The molecule has 1 saturated heterocycles. The molecule has 1 fully saturated rings. The molecule has 0 spiro atoms. The van der Waals surface area contributed by atoms with Crippen molar-refractivity contribution in [2.75, 3.05) is 37.0 Å². The maximum atomic E-state index is 8.81. The van der Waals surface area contributed by atoms with Crippen LogP contribution in [0.4, 0.5) is 11.6 Å². The van der Waals surface area contributed by atoms with Crippen molar-refractivity contribution in [1.29, 1.82) is 5.26 Å². The monoisotopic (exact) mass is 261 g/mol. The van der Waals surface area contributed by atoms with Crippen molar-refractivity contribution in [3.63, 3.8) is 0 Å². The van der Waals surface area contributed by atoms with Gasteiger partial charge in [0.05, 0.1) is 0 Å². The third-order valence-electron chi connectivity index (χ3n) is 3.35. The number of hydrogen-bond acceptors (Lipinski definition) is 6. The van der Waals surface area contributed by atoms with Gasteiger partial charge in [-0.15, -0.1) is 0 Å². The van der Waals surface area contributed by atoms with E-state index in [1.54, 1.807) is 13.1 Å². The molecule has 6 nitrogen and oxygen atoms in total. The maximum absolute atomic E-state index is 8.81. The molecular weight excluding hydrogens is 242 g/mol. The average Bonchev–Trinajstić information content (AvgIpc) is 2.48. The SMILES string of the molecule is CN(C#N)c1cc(NCCC2CCOCC2)ncn1. The number of anilines is 2. The topological polar surface area (TPSA) is 74.1 Å². The van der Waals surface area contributed by atoms with E-state index in [0.717, 1.165) is 50.8 Å². The van der Waals surface area contributed by atoms with E-state index in [0.29, 0.717) is 5.82 Å². The van der Waals surface area contributed by atoms with Gasteiger partial charge in [0.25, 0.3) is 0 Å². The first-order valence-electron chi connectivity index (χ1n) is 6.56. The van der Waals surface area contributed by atoms with E-state index in [1.165, 1.54) is 11.2 Å². The summed E-state index contributed by atoms with van der Waals surface area (Å²) in [4.78, 5) is 9.61. The van der Waals surface area contributed by atoms with Gasteiger partial charge in [-0.3, -0.25) is 4.90 Å². The summed E-state index contributed by atoms with van der Waals surface area (Å²) in [6.07, 6.45) is 6.91. The minimum absolute atomic E-state index is 0.603. The minimum Gasteiger partial charge on any atom is -0.381 e. The highest BCUT2D eigenvalue weighted by molar-refractivity contribution is 5.50. The van der Waals surface area contributed by atoms with Gasteiger partial charge in [0.2, 0.25) is 0 Å². The standard InChI is InChI=1S/C13H19N5O/c1-18(9-14)13-8-12(16-10-17-13)15-5-2-11-3-6-19-7-4-11/h8,10-11H,2-7H2,1H3,(H,15,16,17). The van der Waals surface area contributed by atoms with Gasteiger partial charge < -0.3 is 10.1 Å². The number of nitrogens with zero attached hydrogens (tertiary/aromatic N) is 4. The first-order valence-corrected chi connectivity index (χ1v) is 6.56. The van der Waals surface area contributed by atoms with Crippen molar-refractivity contribution in [2.24, 2.45) is 5.92 Å². The summed E-state index contributed by atoms with van der Waals surface area (Å²) >= 11 is 0. The van der Waals surface area contributed by atoms with Crippen LogP contribution in [0.1, 0.15) is 19.3 Å². The molecule has 102 valence electrons. The van der Waals surface area contributed by atoms with E-state index in [-0.39, 0.29) is 0 Å². The van der Waals surface area contributed by atoms with Crippen LogP contribution in [0.15, 0.2) is 12.4 Å². The summed E-state index contributed by atoms with van der Waals surface area (Å²) in [5.74, 6) is 2.11. The third kappa shape index (κ3) is 4.07. The molecule has 0 saturated carbocycles. The summed E-state index contributed by atoms with van der Waals surface area (Å²) in [6, 6.07) is 1.78. The average molecular weight is 261 g/mol. The molecule has 6 heteroatoms. The van der Waals surface area contributed by atoms with Crippen molar-refractivity contribution in [1.82, 2.24) is 9.97 Å². The highest BCUT2D eigenvalue weighted by atomic mass is 16.5. The fourth-order valence-corrected chi connectivity index (χ4v) is 2.12. The Morgan fingerprint density at radius 3 is 3.00 bits per heavy atom. The lowest BCUT2D eigenvalue weighted by molar-refractivity contribution is 0.0649. The van der Waals surface area contributed by atoms with Crippen molar-refractivity contribution >= 4 is 11.6 Å². The van der Waals surface area contributed by atoms with Crippen molar-refractivity contribution < 1.29 is 4.74 Å². The van der Waals surface area contributed by atoms with Crippen molar-refractivity contribution in [3.8, 4) is 6.19 Å². The lowest BCUT2D eigenvalue weighted by Crippen LogP contribution is -2.18. The molecular formula is C13H19N5O. The van der Waals surface area contributed by atoms with Gasteiger partial charge in [0.15, 0.2) is 6.19 Å². The molecule has 0 aromatic carbocycles. The zero-order valence-corrected chi connectivity index (χ0v) is 11.2. The lowest BCUT2D eigenvalue weighted by atomic mass is 9.97. The summed E-state index contributed by atoms with van der Waals surface area (Å²) in [7, 11) is 1.67. The van der Waals surface area contributed by atoms with Gasteiger partial charge in [0, 0.05) is 32.9 Å². The van der Waals surface area contributed by atoms with Crippen molar-refractivity contribution in [2.45, 2.75) is 19.3 Å². The molecule has 1 aromatic heterocycles. The summed E-state index contributed by atoms with van der Waals surface area (Å²) in [5, 5.41) is 12.1. The van der Waals surface area contributed by atoms with Crippen LogP contribution in [-0.4, -0.2) is 36.8 Å². The Morgan fingerprint density at radius 1 is 1.47 bits per heavy atom. The molecule has 2 rings (SSSR count). The van der Waals surface area contributed by atoms with Crippen LogP contribution in [0.3, 0.4) is 0 Å². The lowest BCUT2D eigenvalue weighted by Gasteiger charge is -2.22. The Bertz CT molecular complexity index is 439. The molecule has 1 aliphatic heterocycles. The van der Waals surface area contributed by atoms with Gasteiger partial charge >= 0.3 is 0 Å². The number of nitriles is 1. The quantitative estimate of drug-likeness (QED) is 0.641. The summed E-state index contributed by atoms with van der Waals surface area (Å²) < 4.78 is 5.34. The first kappa shape index (κ1) is 13.6. The van der Waals surface area contributed by atoms with E-state index < -0.39 is 0 Å². The Kier molecular flexibility index (Phi) is 4.93. The van der Waals surface area contributed by atoms with Gasteiger partial charge in [-0.25, -0.2) is 9.97 Å². The largest absolute Gasteiger partial charge is 0.381 e. The van der Waals surface area contributed by atoms with E-state index in [1.807, 2.05) is 6.19 Å². The Hall–Kier alpha value is -1.87. The Morgan fingerprint density at radius 2 is 2.26 bits per heavy atom. The fraction of sp³-hybridized carbons (Fsp3) is 0.615. The van der Waals surface area contributed by atoms with Gasteiger partial charge in [-0.05, 0) is 25.2 Å². The number of aromatic nitrogens is 2. The van der Waals surface area contributed by atoms with E-state index in [9.17, 15) is 0 Å². The van der Waals surface area contributed by atoms with Crippen LogP contribution >= 0.6 is 0 Å². The second kappa shape index (κ2) is 6.90. The van der Waals surface area contributed by atoms with Crippen LogP contribution in [0.2, 0.25) is 0 Å². The number of rotatable bonds is 5. The molecule has 0 unspecified atom stereocenters. The van der Waals surface area contributed by atoms with Crippen LogP contribution in [0.25, 0.3) is 0 Å². The van der Waals surface area contributed by atoms with Crippen LogP contribution in [0, 0.1) is 17.4 Å². The minimum atomic E-state index is 0.603. The highest BCUT2D eigenvalue weighted by Crippen LogP contribution is 2.18.